The Hall–Kier alpha value is -4.05. The van der Waals surface area contributed by atoms with Gasteiger partial charge in [0, 0.05) is 37.9 Å². The molecule has 182 valence electrons. The van der Waals surface area contributed by atoms with Crippen molar-refractivity contribution in [2.75, 3.05) is 45.6 Å². The van der Waals surface area contributed by atoms with Gasteiger partial charge in [-0.05, 0) is 31.7 Å². The number of rotatable bonds is 8. The van der Waals surface area contributed by atoms with E-state index in [1.807, 2.05) is 11.9 Å². The largest absolute Gasteiger partial charge is 0.492 e. The fourth-order valence-corrected chi connectivity index (χ4v) is 3.75. The Labute approximate surface area is 202 Å². The average Bonchev–Trinajstić information content (AvgIpc) is 3.35. The average molecular weight is 478 g/mol. The summed E-state index contributed by atoms with van der Waals surface area (Å²) in [5.74, 6) is 0.231. The van der Waals surface area contributed by atoms with E-state index in [9.17, 15) is 15.2 Å². The second kappa shape index (κ2) is 10.5. The fourth-order valence-electron chi connectivity index (χ4n) is 3.75. The molecule has 3 aromatic rings. The van der Waals surface area contributed by atoms with Crippen LogP contribution in [0.2, 0.25) is 0 Å². The lowest BCUT2D eigenvalue weighted by Crippen LogP contribution is -2.51. The molecule has 0 unspecified atom stereocenters. The number of benzene rings is 1. The number of nitrogens with zero attached hydrogens (tertiary/aromatic N) is 7. The zero-order valence-corrected chi connectivity index (χ0v) is 19.3. The van der Waals surface area contributed by atoms with E-state index in [0.717, 1.165) is 26.1 Å². The van der Waals surface area contributed by atoms with Gasteiger partial charge in [-0.1, -0.05) is 0 Å². The van der Waals surface area contributed by atoms with Crippen LogP contribution in [-0.2, 0) is 0 Å². The van der Waals surface area contributed by atoms with E-state index in [2.05, 4.69) is 26.0 Å². The molecular formula is C23H27N9O3. The van der Waals surface area contributed by atoms with E-state index in [1.54, 1.807) is 18.2 Å². The number of nitrogens with two attached hydrogens (primary N) is 2. The Morgan fingerprint density at radius 1 is 1.34 bits per heavy atom. The molecule has 1 aromatic carbocycles. The smallest absolute Gasteiger partial charge is 0.251 e. The number of aliphatic hydroxyl groups is 1. The molecule has 4 rings (SSSR count). The third kappa shape index (κ3) is 5.55. The van der Waals surface area contributed by atoms with Crippen molar-refractivity contribution in [3.05, 3.63) is 47.9 Å². The van der Waals surface area contributed by atoms with Crippen LogP contribution >= 0.6 is 0 Å². The summed E-state index contributed by atoms with van der Waals surface area (Å²) in [5.41, 5.74) is 13.0. The quantitative estimate of drug-likeness (QED) is 0.381. The molecule has 2 aromatic heterocycles. The maximum absolute atomic E-state index is 11.4. The molecular weight excluding hydrogens is 450 g/mol. The number of β-amino-alcohol motifs (C(OH)–C–C–N with tert-alkyl or cyclic N) is 1. The van der Waals surface area contributed by atoms with Gasteiger partial charge in [0.2, 0.25) is 0 Å². The number of nitrogen functional groups attached to an aromatic ring is 1. The summed E-state index contributed by atoms with van der Waals surface area (Å²) in [6, 6.07) is 7.35. The standard InChI is InChI=1S/C23H27N9O3/c1-30-6-7-31(14-20(30)33)5-2-8-35-19-4-3-15(9-16(19)10-24)18-12-27-21(25)23(29-18)32-13-17(11-28-32)22(26)34/h3-4,9,11-13,20,33H,2,5-8,14H2,1H3,(H2,25,27)(H2,26,34)/t20-/m1/s1. The van der Waals surface area contributed by atoms with Crippen molar-refractivity contribution in [3.8, 4) is 28.9 Å². The number of anilines is 1. The second-order valence-corrected chi connectivity index (χ2v) is 8.29. The number of nitriles is 1. The molecule has 1 fully saturated rings. The van der Waals surface area contributed by atoms with Crippen LogP contribution in [-0.4, -0.2) is 86.6 Å². The van der Waals surface area contributed by atoms with Gasteiger partial charge in [-0.25, -0.2) is 14.6 Å². The van der Waals surface area contributed by atoms with Gasteiger partial charge in [-0.3, -0.25) is 14.6 Å². The highest BCUT2D eigenvalue weighted by atomic mass is 16.5. The van der Waals surface area contributed by atoms with E-state index in [-0.39, 0.29) is 17.2 Å². The number of amides is 1. The van der Waals surface area contributed by atoms with E-state index in [1.165, 1.54) is 23.3 Å². The minimum absolute atomic E-state index is 0.126. The molecule has 1 amide bonds. The molecule has 0 bridgehead atoms. The van der Waals surface area contributed by atoms with Crippen LogP contribution in [0.15, 0.2) is 36.8 Å². The third-order valence-electron chi connectivity index (χ3n) is 5.84. The Balaban J connectivity index is 1.43. The summed E-state index contributed by atoms with van der Waals surface area (Å²) in [6.07, 6.45) is 4.57. The lowest BCUT2D eigenvalue weighted by atomic mass is 10.1. The van der Waals surface area contributed by atoms with Crippen LogP contribution in [0.1, 0.15) is 22.3 Å². The summed E-state index contributed by atoms with van der Waals surface area (Å²) in [6.45, 7) is 3.59. The maximum atomic E-state index is 11.4. The van der Waals surface area contributed by atoms with E-state index in [4.69, 9.17) is 16.2 Å². The normalized spacial score (nSPS) is 16.7. The number of aliphatic hydroxyl groups excluding tert-OH is 1. The van der Waals surface area contributed by atoms with Gasteiger partial charge in [0.1, 0.15) is 18.0 Å². The topological polar surface area (TPSA) is 172 Å². The van der Waals surface area contributed by atoms with Gasteiger partial charge in [-0.15, -0.1) is 0 Å². The number of ether oxygens (including phenoxy) is 1. The summed E-state index contributed by atoms with van der Waals surface area (Å²) in [4.78, 5) is 24.2. The lowest BCUT2D eigenvalue weighted by Gasteiger charge is -2.36. The number of primary amides is 1. The van der Waals surface area contributed by atoms with Crippen molar-refractivity contribution >= 4 is 11.7 Å². The van der Waals surface area contributed by atoms with Crippen molar-refractivity contribution in [2.45, 2.75) is 12.6 Å². The van der Waals surface area contributed by atoms with Crippen LogP contribution in [0.25, 0.3) is 17.1 Å². The Morgan fingerprint density at radius 3 is 2.89 bits per heavy atom. The second-order valence-electron chi connectivity index (χ2n) is 8.29. The number of aromatic nitrogens is 4. The highest BCUT2D eigenvalue weighted by Gasteiger charge is 2.21. The molecule has 1 aliphatic rings. The molecule has 12 nitrogen and oxygen atoms in total. The highest BCUT2D eigenvalue weighted by Crippen LogP contribution is 2.27. The molecule has 0 aliphatic carbocycles. The summed E-state index contributed by atoms with van der Waals surface area (Å²) in [5, 5.41) is 23.7. The molecule has 0 saturated carbocycles. The first-order valence-electron chi connectivity index (χ1n) is 11.1. The number of hydrogen-bond donors (Lipinski definition) is 3. The molecule has 1 atom stereocenters. The number of carbonyl (C=O) groups is 1. The van der Waals surface area contributed by atoms with Gasteiger partial charge < -0.3 is 21.3 Å². The molecule has 0 radical (unpaired) electrons. The van der Waals surface area contributed by atoms with Crippen molar-refractivity contribution in [1.29, 1.82) is 5.26 Å². The van der Waals surface area contributed by atoms with E-state index in [0.29, 0.717) is 35.7 Å². The predicted molar refractivity (Wildman–Crippen MR) is 127 cm³/mol. The summed E-state index contributed by atoms with van der Waals surface area (Å²) >= 11 is 0. The van der Waals surface area contributed by atoms with Crippen molar-refractivity contribution in [1.82, 2.24) is 29.5 Å². The van der Waals surface area contributed by atoms with Crippen LogP contribution in [0.4, 0.5) is 5.82 Å². The highest BCUT2D eigenvalue weighted by molar-refractivity contribution is 5.92. The van der Waals surface area contributed by atoms with E-state index < -0.39 is 12.1 Å². The molecule has 35 heavy (non-hydrogen) atoms. The van der Waals surface area contributed by atoms with Crippen molar-refractivity contribution < 1.29 is 14.6 Å². The SMILES string of the molecule is CN1CCN(CCCOc2ccc(-c3cnc(N)c(-n4cc(C(N)=O)cn4)n3)cc2C#N)C[C@H]1O. The zero-order valence-electron chi connectivity index (χ0n) is 19.3. The number of carbonyl (C=O) groups excluding carboxylic acids is 1. The maximum Gasteiger partial charge on any atom is 0.251 e. The molecule has 1 aliphatic heterocycles. The Bertz CT molecular complexity index is 1250. The Morgan fingerprint density at radius 2 is 2.17 bits per heavy atom. The van der Waals surface area contributed by atoms with Gasteiger partial charge in [0.05, 0.1) is 35.8 Å². The number of hydrogen-bond acceptors (Lipinski definition) is 10. The van der Waals surface area contributed by atoms with Crippen LogP contribution in [0.3, 0.4) is 0 Å². The predicted octanol–water partition coefficient (Wildman–Crippen LogP) is 0.217. The molecule has 3 heterocycles. The van der Waals surface area contributed by atoms with Crippen LogP contribution in [0, 0.1) is 11.3 Å². The molecule has 0 spiro atoms. The van der Waals surface area contributed by atoms with Crippen LogP contribution in [0.5, 0.6) is 5.75 Å². The van der Waals surface area contributed by atoms with Crippen molar-refractivity contribution in [3.63, 3.8) is 0 Å². The van der Waals surface area contributed by atoms with Gasteiger partial charge in [-0.2, -0.15) is 10.4 Å². The minimum atomic E-state index is -0.616. The first kappa shape index (κ1) is 24.1. The molecule has 12 heteroatoms. The number of piperazine rings is 1. The van der Waals surface area contributed by atoms with Crippen LogP contribution < -0.4 is 16.2 Å². The lowest BCUT2D eigenvalue weighted by molar-refractivity contribution is -0.0416. The van der Waals surface area contributed by atoms with E-state index >= 15 is 0 Å². The first-order chi connectivity index (χ1) is 16.9. The number of likely N-dealkylation sites (N-methyl/N-ethyl adjacent to an activating group) is 1. The van der Waals surface area contributed by atoms with Crippen molar-refractivity contribution in [2.24, 2.45) is 5.73 Å². The minimum Gasteiger partial charge on any atom is -0.492 e. The first-order valence-corrected chi connectivity index (χ1v) is 11.1. The molecule has 5 N–H and O–H groups in total. The monoisotopic (exact) mass is 477 g/mol. The molecule has 1 saturated heterocycles. The summed E-state index contributed by atoms with van der Waals surface area (Å²) < 4.78 is 7.19. The van der Waals surface area contributed by atoms with Gasteiger partial charge in [0.15, 0.2) is 11.6 Å². The van der Waals surface area contributed by atoms with Gasteiger partial charge in [0.25, 0.3) is 5.91 Å². The fraction of sp³-hybridized carbons (Fsp3) is 0.348. The van der Waals surface area contributed by atoms with Gasteiger partial charge >= 0.3 is 0 Å². The summed E-state index contributed by atoms with van der Waals surface area (Å²) in [7, 11) is 1.91. The zero-order chi connectivity index (χ0) is 24.9. The Kier molecular flexibility index (Phi) is 7.21. The third-order valence-corrected chi connectivity index (χ3v) is 5.84.